The molecule has 2 N–H and O–H groups in total. The monoisotopic (exact) mass is 487 g/mol. The SMILES string of the molecule is CCCCCCCC(=O)N[C@H](CN1CCC(CN2CCCC2)C1)[C@H](O)c1ccc2c(c1)OCCO2. The van der Waals surface area contributed by atoms with Crippen LogP contribution in [0.4, 0.5) is 0 Å². The Balaban J connectivity index is 1.36. The first kappa shape index (κ1) is 26.2. The summed E-state index contributed by atoms with van der Waals surface area (Å²) in [5.74, 6) is 2.09. The Morgan fingerprint density at radius 1 is 1.06 bits per heavy atom. The molecule has 0 spiro atoms. The van der Waals surface area contributed by atoms with E-state index in [-0.39, 0.29) is 11.9 Å². The number of nitrogens with zero attached hydrogens (tertiary/aromatic N) is 2. The summed E-state index contributed by atoms with van der Waals surface area (Å²) in [6, 6.07) is 5.26. The normalized spacial score (nSPS) is 22.3. The standard InChI is InChI=1S/C28H45N3O4/c1-2-3-4-5-6-9-27(32)29-24(21-31-15-12-22(20-31)19-30-13-7-8-14-30)28(33)23-10-11-25-26(18-23)35-17-16-34-25/h10-11,18,22,24,28,33H,2-9,12-17,19-21H2,1H3,(H,29,32)/t22?,24-,28-/m1/s1. The number of aliphatic hydroxyl groups excluding tert-OH is 1. The van der Waals surface area contributed by atoms with E-state index in [1.807, 2.05) is 18.2 Å². The highest BCUT2D eigenvalue weighted by Crippen LogP contribution is 2.34. The number of likely N-dealkylation sites (tertiary alicyclic amines) is 2. The smallest absolute Gasteiger partial charge is 0.220 e. The molecule has 3 aliphatic heterocycles. The molecular weight excluding hydrogens is 442 g/mol. The first-order chi connectivity index (χ1) is 17.1. The molecular formula is C28H45N3O4. The van der Waals surface area contributed by atoms with E-state index in [2.05, 4.69) is 22.0 Å². The van der Waals surface area contributed by atoms with Gasteiger partial charge in [0.2, 0.25) is 5.91 Å². The molecule has 7 heteroatoms. The van der Waals surface area contributed by atoms with E-state index in [1.54, 1.807) is 0 Å². The van der Waals surface area contributed by atoms with Gasteiger partial charge in [-0.3, -0.25) is 4.79 Å². The van der Waals surface area contributed by atoms with E-state index in [0.29, 0.717) is 43.6 Å². The molecule has 3 atom stereocenters. The summed E-state index contributed by atoms with van der Waals surface area (Å²) in [6.07, 6.45) is 9.15. The molecule has 7 nitrogen and oxygen atoms in total. The van der Waals surface area contributed by atoms with Crippen LogP contribution in [0.2, 0.25) is 0 Å². The Morgan fingerprint density at radius 2 is 1.83 bits per heavy atom. The van der Waals surface area contributed by atoms with Gasteiger partial charge < -0.3 is 29.7 Å². The first-order valence-corrected chi connectivity index (χ1v) is 13.9. The van der Waals surface area contributed by atoms with Crippen LogP contribution < -0.4 is 14.8 Å². The molecule has 1 amide bonds. The largest absolute Gasteiger partial charge is 0.486 e. The third kappa shape index (κ3) is 7.83. The molecule has 1 aromatic carbocycles. The van der Waals surface area contributed by atoms with Crippen LogP contribution in [-0.4, -0.2) is 79.3 Å². The molecule has 196 valence electrons. The van der Waals surface area contributed by atoms with Crippen LogP contribution in [0.3, 0.4) is 0 Å². The van der Waals surface area contributed by atoms with E-state index in [1.165, 1.54) is 58.2 Å². The lowest BCUT2D eigenvalue weighted by molar-refractivity contribution is -0.123. The predicted octanol–water partition coefficient (Wildman–Crippen LogP) is 3.75. The summed E-state index contributed by atoms with van der Waals surface area (Å²) in [6.45, 7) is 9.61. The molecule has 0 radical (unpaired) electrons. The number of nitrogens with one attached hydrogen (secondary N) is 1. The number of unbranched alkanes of at least 4 members (excludes halogenated alkanes) is 4. The number of aliphatic hydroxyl groups is 1. The summed E-state index contributed by atoms with van der Waals surface area (Å²) in [7, 11) is 0. The van der Waals surface area contributed by atoms with Crippen molar-refractivity contribution in [1.82, 2.24) is 15.1 Å². The minimum Gasteiger partial charge on any atom is -0.486 e. The Morgan fingerprint density at radius 3 is 2.63 bits per heavy atom. The van der Waals surface area contributed by atoms with E-state index < -0.39 is 6.10 Å². The molecule has 1 aromatic rings. The van der Waals surface area contributed by atoms with Gasteiger partial charge in [0, 0.05) is 26.1 Å². The van der Waals surface area contributed by atoms with E-state index in [9.17, 15) is 9.90 Å². The molecule has 2 saturated heterocycles. The fourth-order valence-electron chi connectivity index (χ4n) is 5.70. The van der Waals surface area contributed by atoms with Gasteiger partial charge in [-0.05, 0) is 68.9 Å². The summed E-state index contributed by atoms with van der Waals surface area (Å²) in [5, 5.41) is 14.6. The Labute approximate surface area is 211 Å². The fourth-order valence-corrected chi connectivity index (χ4v) is 5.70. The van der Waals surface area contributed by atoms with Crippen LogP contribution in [0.25, 0.3) is 0 Å². The van der Waals surface area contributed by atoms with Gasteiger partial charge in [0.15, 0.2) is 11.5 Å². The Bertz CT molecular complexity index is 798. The molecule has 0 aromatic heterocycles. The lowest BCUT2D eigenvalue weighted by Gasteiger charge is -2.30. The minimum absolute atomic E-state index is 0.0379. The zero-order valence-corrected chi connectivity index (χ0v) is 21.6. The summed E-state index contributed by atoms with van der Waals surface area (Å²) < 4.78 is 11.4. The minimum atomic E-state index is -0.799. The van der Waals surface area contributed by atoms with Crippen LogP contribution in [0.15, 0.2) is 18.2 Å². The van der Waals surface area contributed by atoms with Crippen LogP contribution in [0, 0.1) is 5.92 Å². The molecule has 3 heterocycles. The maximum Gasteiger partial charge on any atom is 0.220 e. The maximum absolute atomic E-state index is 12.8. The van der Waals surface area contributed by atoms with Crippen LogP contribution in [-0.2, 0) is 4.79 Å². The Kier molecular flexibility index (Phi) is 10.1. The van der Waals surface area contributed by atoms with Gasteiger partial charge in [-0.2, -0.15) is 0 Å². The number of hydrogen-bond donors (Lipinski definition) is 2. The molecule has 4 rings (SSSR count). The Hall–Kier alpha value is -1.83. The van der Waals surface area contributed by atoms with Gasteiger partial charge in [0.25, 0.3) is 0 Å². The zero-order chi connectivity index (χ0) is 24.5. The van der Waals surface area contributed by atoms with Gasteiger partial charge >= 0.3 is 0 Å². The van der Waals surface area contributed by atoms with Crippen molar-refractivity contribution in [3.63, 3.8) is 0 Å². The quantitative estimate of drug-likeness (QED) is 0.413. The lowest BCUT2D eigenvalue weighted by atomic mass is 10.0. The van der Waals surface area contributed by atoms with E-state index in [4.69, 9.17) is 9.47 Å². The highest BCUT2D eigenvalue weighted by atomic mass is 16.6. The summed E-state index contributed by atoms with van der Waals surface area (Å²) >= 11 is 0. The van der Waals surface area contributed by atoms with Crippen molar-refractivity contribution in [2.75, 3.05) is 52.5 Å². The lowest BCUT2D eigenvalue weighted by Crippen LogP contribution is -2.47. The molecule has 2 fully saturated rings. The first-order valence-electron chi connectivity index (χ1n) is 13.9. The van der Waals surface area contributed by atoms with E-state index >= 15 is 0 Å². The molecule has 1 unspecified atom stereocenters. The average Bonchev–Trinajstić information content (AvgIpc) is 3.55. The number of fused-ring (bicyclic) bond motifs is 1. The zero-order valence-electron chi connectivity index (χ0n) is 21.6. The van der Waals surface area contributed by atoms with Gasteiger partial charge in [0.05, 0.1) is 6.04 Å². The average molecular weight is 488 g/mol. The molecule has 35 heavy (non-hydrogen) atoms. The summed E-state index contributed by atoms with van der Waals surface area (Å²) in [4.78, 5) is 17.8. The van der Waals surface area contributed by atoms with Crippen molar-refractivity contribution in [3.05, 3.63) is 23.8 Å². The van der Waals surface area contributed by atoms with Crippen molar-refractivity contribution < 1.29 is 19.4 Å². The number of amides is 1. The van der Waals surface area contributed by atoms with Crippen molar-refractivity contribution >= 4 is 5.91 Å². The van der Waals surface area contributed by atoms with Crippen molar-refractivity contribution in [2.24, 2.45) is 5.92 Å². The van der Waals surface area contributed by atoms with Gasteiger partial charge in [-0.25, -0.2) is 0 Å². The number of ether oxygens (including phenoxy) is 2. The second kappa shape index (κ2) is 13.5. The molecule has 3 aliphatic rings. The molecule has 0 bridgehead atoms. The highest BCUT2D eigenvalue weighted by molar-refractivity contribution is 5.76. The third-order valence-electron chi connectivity index (χ3n) is 7.68. The van der Waals surface area contributed by atoms with Gasteiger partial charge in [-0.1, -0.05) is 38.7 Å². The second-order valence-corrected chi connectivity index (χ2v) is 10.6. The van der Waals surface area contributed by atoms with Crippen LogP contribution in [0.5, 0.6) is 11.5 Å². The number of benzene rings is 1. The van der Waals surface area contributed by atoms with Gasteiger partial charge in [-0.15, -0.1) is 0 Å². The van der Waals surface area contributed by atoms with Crippen LogP contribution >= 0.6 is 0 Å². The fraction of sp³-hybridized carbons (Fsp3) is 0.750. The van der Waals surface area contributed by atoms with Crippen molar-refractivity contribution in [1.29, 1.82) is 0 Å². The molecule has 0 aliphatic carbocycles. The van der Waals surface area contributed by atoms with Gasteiger partial charge in [0.1, 0.15) is 19.3 Å². The second-order valence-electron chi connectivity index (χ2n) is 10.6. The van der Waals surface area contributed by atoms with Crippen LogP contribution in [0.1, 0.15) is 76.4 Å². The number of carbonyl (C=O) groups excluding carboxylic acids is 1. The van der Waals surface area contributed by atoms with Crippen molar-refractivity contribution in [3.8, 4) is 11.5 Å². The maximum atomic E-state index is 12.8. The van der Waals surface area contributed by atoms with E-state index in [0.717, 1.165) is 31.5 Å². The topological polar surface area (TPSA) is 74.3 Å². The number of hydrogen-bond acceptors (Lipinski definition) is 6. The third-order valence-corrected chi connectivity index (χ3v) is 7.68. The molecule has 0 saturated carbocycles. The summed E-state index contributed by atoms with van der Waals surface area (Å²) in [5.41, 5.74) is 0.760. The highest BCUT2D eigenvalue weighted by Gasteiger charge is 2.31. The number of rotatable bonds is 13. The van der Waals surface area contributed by atoms with Crippen molar-refractivity contribution in [2.45, 2.75) is 76.9 Å². The predicted molar refractivity (Wildman–Crippen MR) is 138 cm³/mol. The number of carbonyl (C=O) groups is 1.